The van der Waals surface area contributed by atoms with Crippen LogP contribution in [0.1, 0.15) is 47.6 Å². The molecular weight excluding hydrogens is 373 g/mol. The lowest BCUT2D eigenvalue weighted by Crippen LogP contribution is -2.30. The predicted molar refractivity (Wildman–Crippen MR) is 108 cm³/mol. The van der Waals surface area contributed by atoms with Crippen LogP contribution in [0.25, 0.3) is 0 Å². The Morgan fingerprint density at radius 3 is 2.44 bits per heavy atom. The van der Waals surface area contributed by atoms with Crippen molar-refractivity contribution in [2.45, 2.75) is 31.6 Å². The summed E-state index contributed by atoms with van der Waals surface area (Å²) in [5.74, 6) is 0.922. The second kappa shape index (κ2) is 7.22. The lowest BCUT2D eigenvalue weighted by Gasteiger charge is -2.26. The molecule has 0 spiro atoms. The van der Waals surface area contributed by atoms with Gasteiger partial charge in [0.2, 0.25) is 0 Å². The molecule has 1 fully saturated rings. The summed E-state index contributed by atoms with van der Waals surface area (Å²) in [7, 11) is 0. The van der Waals surface area contributed by atoms with Crippen molar-refractivity contribution in [2.75, 3.05) is 12.3 Å². The van der Waals surface area contributed by atoms with Crippen molar-refractivity contribution >= 4 is 40.9 Å². The summed E-state index contributed by atoms with van der Waals surface area (Å²) in [6.07, 6.45) is 0. The van der Waals surface area contributed by atoms with Crippen molar-refractivity contribution in [3.05, 3.63) is 69.2 Å². The molecule has 1 saturated heterocycles. The van der Waals surface area contributed by atoms with Crippen LogP contribution in [-0.2, 0) is 5.41 Å². The number of rotatable bonds is 2. The molecule has 0 N–H and O–H groups in total. The van der Waals surface area contributed by atoms with Crippen LogP contribution in [0.5, 0.6) is 0 Å². The van der Waals surface area contributed by atoms with Gasteiger partial charge >= 0.3 is 0 Å². The maximum absolute atomic E-state index is 13.0. The van der Waals surface area contributed by atoms with Crippen molar-refractivity contribution in [3.63, 3.8) is 0 Å². The second-order valence-corrected chi connectivity index (χ2v) is 9.17. The van der Waals surface area contributed by atoms with Gasteiger partial charge in [-0.3, -0.25) is 4.79 Å². The van der Waals surface area contributed by atoms with Crippen molar-refractivity contribution < 1.29 is 4.79 Å². The molecule has 0 unspecified atom stereocenters. The molecule has 1 atom stereocenters. The first-order valence-corrected chi connectivity index (χ1v) is 10.1. The van der Waals surface area contributed by atoms with Gasteiger partial charge < -0.3 is 4.90 Å². The minimum absolute atomic E-state index is 0.0338. The summed E-state index contributed by atoms with van der Waals surface area (Å²) < 4.78 is 0. The molecule has 1 aliphatic heterocycles. The maximum Gasteiger partial charge on any atom is 0.255 e. The summed E-state index contributed by atoms with van der Waals surface area (Å²) in [5.41, 5.74) is 2.89. The minimum atomic E-state index is -0.0963. The van der Waals surface area contributed by atoms with Gasteiger partial charge in [-0.25, -0.2) is 0 Å². The van der Waals surface area contributed by atoms with Crippen LogP contribution in [-0.4, -0.2) is 23.1 Å². The summed E-state index contributed by atoms with van der Waals surface area (Å²) in [4.78, 5) is 14.9. The van der Waals surface area contributed by atoms with Crippen molar-refractivity contribution in [2.24, 2.45) is 0 Å². The van der Waals surface area contributed by atoms with Gasteiger partial charge in [-0.2, -0.15) is 0 Å². The number of carbonyl (C=O) groups excluding carboxylic acids is 1. The number of benzene rings is 2. The van der Waals surface area contributed by atoms with E-state index in [0.29, 0.717) is 22.2 Å². The van der Waals surface area contributed by atoms with Crippen LogP contribution in [0.4, 0.5) is 0 Å². The number of hydrogen-bond acceptors (Lipinski definition) is 2. The fraction of sp³-hybridized carbons (Fsp3) is 0.350. The first kappa shape index (κ1) is 18.6. The summed E-state index contributed by atoms with van der Waals surface area (Å²) in [5, 5.41) is 0.957. The molecular formula is C20H21Cl2NOS. The van der Waals surface area contributed by atoms with E-state index in [1.807, 2.05) is 41.3 Å². The highest BCUT2D eigenvalue weighted by molar-refractivity contribution is 7.99. The van der Waals surface area contributed by atoms with Crippen LogP contribution in [0.15, 0.2) is 42.5 Å². The number of amides is 1. The zero-order valence-corrected chi connectivity index (χ0v) is 16.9. The van der Waals surface area contributed by atoms with E-state index in [-0.39, 0.29) is 16.7 Å². The molecule has 2 aromatic rings. The lowest BCUT2D eigenvalue weighted by molar-refractivity contribution is 0.0760. The molecule has 3 rings (SSSR count). The number of hydrogen-bond donors (Lipinski definition) is 0. The third kappa shape index (κ3) is 3.84. The van der Waals surface area contributed by atoms with Crippen molar-refractivity contribution in [3.8, 4) is 0 Å². The molecule has 2 aromatic carbocycles. The lowest BCUT2D eigenvalue weighted by atomic mass is 9.86. The number of halogens is 2. The van der Waals surface area contributed by atoms with Crippen molar-refractivity contribution in [1.29, 1.82) is 0 Å². The van der Waals surface area contributed by atoms with Crippen LogP contribution < -0.4 is 0 Å². The van der Waals surface area contributed by atoms with Gasteiger partial charge in [-0.15, -0.1) is 11.8 Å². The highest BCUT2D eigenvalue weighted by atomic mass is 35.5. The minimum Gasteiger partial charge on any atom is -0.322 e. The summed E-state index contributed by atoms with van der Waals surface area (Å²) in [6, 6.07) is 13.5. The molecule has 0 aromatic heterocycles. The van der Waals surface area contributed by atoms with Crippen LogP contribution in [0.3, 0.4) is 0 Å². The van der Waals surface area contributed by atoms with E-state index in [1.54, 1.807) is 17.8 Å². The zero-order valence-electron chi connectivity index (χ0n) is 14.6. The Labute approximate surface area is 163 Å². The molecule has 0 saturated carbocycles. The highest BCUT2D eigenvalue weighted by Gasteiger charge is 2.33. The van der Waals surface area contributed by atoms with Gasteiger partial charge in [0.25, 0.3) is 5.91 Å². The molecule has 132 valence electrons. The van der Waals surface area contributed by atoms with Gasteiger partial charge in [-0.05, 0) is 29.2 Å². The third-order valence-corrected chi connectivity index (χ3v) is 6.47. The normalized spacial score (nSPS) is 17.8. The first-order valence-electron chi connectivity index (χ1n) is 8.26. The Morgan fingerprint density at radius 1 is 1.12 bits per heavy atom. The summed E-state index contributed by atoms with van der Waals surface area (Å²) in [6.45, 7) is 7.20. The molecule has 25 heavy (non-hydrogen) atoms. The maximum atomic E-state index is 13.0. The average molecular weight is 394 g/mol. The molecule has 1 aliphatic rings. The van der Waals surface area contributed by atoms with Gasteiger partial charge in [0.1, 0.15) is 5.37 Å². The van der Waals surface area contributed by atoms with E-state index in [2.05, 4.69) is 20.8 Å². The number of thioether (sulfide) groups is 1. The fourth-order valence-electron chi connectivity index (χ4n) is 2.93. The van der Waals surface area contributed by atoms with E-state index in [1.165, 1.54) is 5.56 Å². The van der Waals surface area contributed by atoms with E-state index >= 15 is 0 Å². The monoisotopic (exact) mass is 393 g/mol. The van der Waals surface area contributed by atoms with Gasteiger partial charge in [0.05, 0.1) is 10.0 Å². The van der Waals surface area contributed by atoms with Crippen LogP contribution in [0, 0.1) is 0 Å². The molecule has 2 nitrogen and oxygen atoms in total. The largest absolute Gasteiger partial charge is 0.322 e. The Balaban J connectivity index is 1.87. The third-order valence-electron chi connectivity index (χ3n) is 4.40. The summed E-state index contributed by atoms with van der Waals surface area (Å²) >= 11 is 14.2. The first-order chi connectivity index (χ1) is 11.8. The van der Waals surface area contributed by atoms with Crippen LogP contribution in [0.2, 0.25) is 10.0 Å². The quantitative estimate of drug-likeness (QED) is 0.606. The average Bonchev–Trinajstić information content (AvgIpc) is 3.05. The van der Waals surface area contributed by atoms with E-state index in [4.69, 9.17) is 23.2 Å². The van der Waals surface area contributed by atoms with Gasteiger partial charge in [0.15, 0.2) is 0 Å². The van der Waals surface area contributed by atoms with E-state index in [9.17, 15) is 4.79 Å². The Bertz CT molecular complexity index is 783. The SMILES string of the molecule is CC(C)(C)c1ccc(C(=O)N2CCS[C@H]2c2cccc(Cl)c2Cl)cc1. The molecule has 5 heteroatoms. The second-order valence-electron chi connectivity index (χ2n) is 7.19. The van der Waals surface area contributed by atoms with Crippen molar-refractivity contribution in [1.82, 2.24) is 4.90 Å². The smallest absolute Gasteiger partial charge is 0.255 e. The Kier molecular flexibility index (Phi) is 5.38. The topological polar surface area (TPSA) is 20.3 Å². The van der Waals surface area contributed by atoms with Gasteiger partial charge in [-0.1, -0.05) is 68.2 Å². The standard InChI is InChI=1S/C20H21Cl2NOS/c1-20(2,3)14-9-7-13(8-10-14)18(24)23-11-12-25-19(23)15-5-4-6-16(21)17(15)22/h4-10,19H,11-12H2,1-3H3/t19-/m0/s1. The molecule has 1 heterocycles. The number of nitrogens with zero attached hydrogens (tertiary/aromatic N) is 1. The molecule has 0 aliphatic carbocycles. The van der Waals surface area contributed by atoms with Crippen LogP contribution >= 0.6 is 35.0 Å². The highest BCUT2D eigenvalue weighted by Crippen LogP contribution is 2.43. The predicted octanol–water partition coefficient (Wildman–Crippen LogP) is 6.18. The Hall–Kier alpha value is -1.16. The Morgan fingerprint density at radius 2 is 1.80 bits per heavy atom. The number of carbonyl (C=O) groups is 1. The van der Waals surface area contributed by atoms with E-state index in [0.717, 1.165) is 11.3 Å². The van der Waals surface area contributed by atoms with Gasteiger partial charge in [0, 0.05) is 23.4 Å². The molecule has 0 radical (unpaired) electrons. The molecule has 1 amide bonds. The fourth-order valence-corrected chi connectivity index (χ4v) is 4.68. The molecule has 0 bridgehead atoms. The zero-order chi connectivity index (χ0) is 18.2. The van der Waals surface area contributed by atoms with E-state index < -0.39 is 0 Å².